The van der Waals surface area contributed by atoms with Crippen molar-refractivity contribution in [1.29, 1.82) is 0 Å². The summed E-state index contributed by atoms with van der Waals surface area (Å²) in [5.41, 5.74) is 5.89. The Kier molecular flexibility index (Phi) is 4.46. The number of carbonyl (C=O) groups excluding carboxylic acids is 1. The molecule has 2 aromatic heterocycles. The fourth-order valence-corrected chi connectivity index (χ4v) is 5.04. The molecule has 1 amide bonds. The van der Waals surface area contributed by atoms with Crippen molar-refractivity contribution in [3.8, 4) is 22.4 Å². The van der Waals surface area contributed by atoms with Crippen LogP contribution in [-0.2, 0) is 4.79 Å². The van der Waals surface area contributed by atoms with Crippen LogP contribution in [-0.4, -0.2) is 26.0 Å². The molecular formula is C27H28N4O. The summed E-state index contributed by atoms with van der Waals surface area (Å²) in [6.45, 7) is 2.14. The molecule has 2 fully saturated rings. The van der Waals surface area contributed by atoms with Crippen LogP contribution in [0.3, 0.4) is 0 Å². The molecule has 6 rings (SSSR count). The summed E-state index contributed by atoms with van der Waals surface area (Å²) in [5, 5.41) is 4.48. The van der Waals surface area contributed by atoms with Crippen molar-refractivity contribution in [1.82, 2.24) is 19.9 Å². The highest BCUT2D eigenvalue weighted by Gasteiger charge is 2.41. The standard InChI is InChI=1S/C27H28N4O/c1-27(11-12-27)30-26(32)22-8-9-23(14-22)31-17-28-16-25(31)20-5-2-18(3-6-20)21-7-4-19-10-13-29-24(19)15-21/h2-7,10,13,15-17,22-23,29H,8-9,11-12,14H2,1H3,(H,30,32)/t22-,23?/m0/s1. The molecule has 1 unspecified atom stereocenters. The quantitative estimate of drug-likeness (QED) is 0.431. The number of nitrogens with one attached hydrogen (secondary N) is 2. The van der Waals surface area contributed by atoms with Gasteiger partial charge in [0.25, 0.3) is 0 Å². The molecule has 162 valence electrons. The zero-order chi connectivity index (χ0) is 21.7. The molecule has 0 aliphatic heterocycles. The Morgan fingerprint density at radius 1 is 1.06 bits per heavy atom. The summed E-state index contributed by atoms with van der Waals surface area (Å²) in [5.74, 6) is 0.343. The van der Waals surface area contributed by atoms with Gasteiger partial charge >= 0.3 is 0 Å². The number of imidazole rings is 1. The number of hydrogen-bond acceptors (Lipinski definition) is 2. The summed E-state index contributed by atoms with van der Waals surface area (Å²) >= 11 is 0. The van der Waals surface area contributed by atoms with Crippen molar-refractivity contribution < 1.29 is 4.79 Å². The van der Waals surface area contributed by atoms with Crippen LogP contribution >= 0.6 is 0 Å². The normalized spacial score (nSPS) is 21.7. The summed E-state index contributed by atoms with van der Waals surface area (Å²) in [6.07, 6.45) is 10.9. The largest absolute Gasteiger partial charge is 0.361 e. The number of rotatable bonds is 5. The van der Waals surface area contributed by atoms with Gasteiger partial charge in [0.2, 0.25) is 5.91 Å². The molecule has 2 aromatic carbocycles. The van der Waals surface area contributed by atoms with Crippen LogP contribution in [0.2, 0.25) is 0 Å². The van der Waals surface area contributed by atoms with Gasteiger partial charge in [-0.2, -0.15) is 0 Å². The first-order valence-electron chi connectivity index (χ1n) is 11.6. The predicted octanol–water partition coefficient (Wildman–Crippen LogP) is 5.71. The molecule has 2 aliphatic rings. The average molecular weight is 425 g/mol. The predicted molar refractivity (Wildman–Crippen MR) is 127 cm³/mol. The van der Waals surface area contributed by atoms with Crippen molar-refractivity contribution in [2.24, 2.45) is 5.92 Å². The van der Waals surface area contributed by atoms with Crippen molar-refractivity contribution in [2.75, 3.05) is 0 Å². The van der Waals surface area contributed by atoms with E-state index in [4.69, 9.17) is 0 Å². The van der Waals surface area contributed by atoms with E-state index < -0.39 is 0 Å². The Bertz CT molecular complexity index is 1280. The summed E-state index contributed by atoms with van der Waals surface area (Å²) in [6, 6.07) is 17.6. The molecule has 2 N–H and O–H groups in total. The molecule has 0 spiro atoms. The van der Waals surface area contributed by atoms with Crippen LogP contribution < -0.4 is 5.32 Å². The fraction of sp³-hybridized carbons (Fsp3) is 0.333. The molecule has 2 heterocycles. The number of aromatic nitrogens is 3. The maximum Gasteiger partial charge on any atom is 0.223 e. The monoisotopic (exact) mass is 424 g/mol. The highest BCUT2D eigenvalue weighted by molar-refractivity contribution is 5.85. The van der Waals surface area contributed by atoms with Crippen LogP contribution in [0.15, 0.2) is 67.3 Å². The van der Waals surface area contributed by atoms with Crippen molar-refractivity contribution >= 4 is 16.8 Å². The van der Waals surface area contributed by atoms with E-state index in [2.05, 4.69) is 75.3 Å². The van der Waals surface area contributed by atoms with Gasteiger partial charge in [-0.15, -0.1) is 0 Å². The number of carbonyl (C=O) groups is 1. The van der Waals surface area contributed by atoms with E-state index in [1.54, 1.807) is 0 Å². The van der Waals surface area contributed by atoms with Crippen molar-refractivity contribution in [3.63, 3.8) is 0 Å². The molecule has 0 saturated heterocycles. The maximum atomic E-state index is 12.7. The Morgan fingerprint density at radius 2 is 1.84 bits per heavy atom. The SMILES string of the molecule is CC1(NC(=O)[C@H]2CCC(n3cncc3-c3ccc(-c4ccc5cc[nH]c5c4)cc3)C2)CC1. The second-order valence-electron chi connectivity index (χ2n) is 9.76. The smallest absolute Gasteiger partial charge is 0.223 e. The first-order chi connectivity index (χ1) is 15.6. The van der Waals surface area contributed by atoms with Gasteiger partial charge < -0.3 is 14.9 Å². The molecule has 5 nitrogen and oxygen atoms in total. The number of fused-ring (bicyclic) bond motifs is 1. The van der Waals surface area contributed by atoms with E-state index in [1.165, 1.54) is 16.5 Å². The number of nitrogens with zero attached hydrogens (tertiary/aromatic N) is 2. The molecule has 0 bridgehead atoms. The zero-order valence-corrected chi connectivity index (χ0v) is 18.3. The zero-order valence-electron chi connectivity index (χ0n) is 18.3. The lowest BCUT2D eigenvalue weighted by Crippen LogP contribution is -2.38. The lowest BCUT2D eigenvalue weighted by Gasteiger charge is -2.18. The van der Waals surface area contributed by atoms with Gasteiger partial charge in [-0.1, -0.05) is 36.4 Å². The van der Waals surface area contributed by atoms with Gasteiger partial charge in [0, 0.05) is 29.2 Å². The number of benzene rings is 2. The first kappa shape index (κ1) is 19.4. The maximum absolute atomic E-state index is 12.7. The number of hydrogen-bond donors (Lipinski definition) is 2. The highest BCUT2D eigenvalue weighted by Crippen LogP contribution is 2.40. The van der Waals surface area contributed by atoms with Gasteiger partial charge in [-0.05, 0) is 73.2 Å². The molecule has 2 saturated carbocycles. The van der Waals surface area contributed by atoms with Crippen LogP contribution in [0, 0.1) is 5.92 Å². The van der Waals surface area contributed by atoms with E-state index in [0.717, 1.165) is 48.9 Å². The van der Waals surface area contributed by atoms with Crippen molar-refractivity contribution in [2.45, 2.75) is 50.6 Å². The van der Waals surface area contributed by atoms with Crippen LogP contribution in [0.5, 0.6) is 0 Å². The molecule has 4 aromatic rings. The third-order valence-corrected chi connectivity index (χ3v) is 7.33. The third kappa shape index (κ3) is 3.52. The van der Waals surface area contributed by atoms with Gasteiger partial charge in [0.1, 0.15) is 0 Å². The van der Waals surface area contributed by atoms with Crippen molar-refractivity contribution in [3.05, 3.63) is 67.3 Å². The minimum Gasteiger partial charge on any atom is -0.361 e. The fourth-order valence-electron chi connectivity index (χ4n) is 5.04. The lowest BCUT2D eigenvalue weighted by atomic mass is 10.0. The molecule has 2 atom stereocenters. The second kappa shape index (κ2) is 7.37. The van der Waals surface area contributed by atoms with E-state index in [9.17, 15) is 4.79 Å². The molecule has 32 heavy (non-hydrogen) atoms. The Balaban J connectivity index is 1.20. The Morgan fingerprint density at radius 3 is 2.66 bits per heavy atom. The number of aromatic amines is 1. The molecule has 5 heteroatoms. The highest BCUT2D eigenvalue weighted by atomic mass is 16.2. The summed E-state index contributed by atoms with van der Waals surface area (Å²) < 4.78 is 2.27. The van der Waals surface area contributed by atoms with E-state index in [0.29, 0.717) is 6.04 Å². The van der Waals surface area contributed by atoms with E-state index in [-0.39, 0.29) is 17.4 Å². The molecular weight excluding hydrogens is 396 g/mol. The summed E-state index contributed by atoms with van der Waals surface area (Å²) in [4.78, 5) is 20.4. The average Bonchev–Trinajstić information content (AvgIpc) is 3.28. The van der Waals surface area contributed by atoms with Gasteiger partial charge in [-0.25, -0.2) is 4.98 Å². The lowest BCUT2D eigenvalue weighted by molar-refractivity contribution is -0.125. The molecule has 2 aliphatic carbocycles. The Labute approximate surface area is 187 Å². The van der Waals surface area contributed by atoms with E-state index in [1.807, 2.05) is 18.7 Å². The minimum atomic E-state index is 0.0580. The molecule has 0 radical (unpaired) electrons. The topological polar surface area (TPSA) is 62.7 Å². The second-order valence-corrected chi connectivity index (χ2v) is 9.76. The third-order valence-electron chi connectivity index (χ3n) is 7.33. The van der Waals surface area contributed by atoms with Crippen LogP contribution in [0.4, 0.5) is 0 Å². The first-order valence-corrected chi connectivity index (χ1v) is 11.6. The Hall–Kier alpha value is -3.34. The number of H-pyrrole nitrogens is 1. The van der Waals surface area contributed by atoms with Gasteiger partial charge in [0.05, 0.1) is 18.2 Å². The van der Waals surface area contributed by atoms with Crippen LogP contribution in [0.1, 0.15) is 45.1 Å². The minimum absolute atomic E-state index is 0.0580. The number of amides is 1. The summed E-state index contributed by atoms with van der Waals surface area (Å²) in [7, 11) is 0. The van der Waals surface area contributed by atoms with Crippen LogP contribution in [0.25, 0.3) is 33.3 Å². The van der Waals surface area contributed by atoms with Gasteiger partial charge in [0.15, 0.2) is 0 Å². The van der Waals surface area contributed by atoms with E-state index >= 15 is 0 Å². The van der Waals surface area contributed by atoms with Gasteiger partial charge in [-0.3, -0.25) is 4.79 Å².